The van der Waals surface area contributed by atoms with E-state index < -0.39 is 69.7 Å². The van der Waals surface area contributed by atoms with Crippen molar-refractivity contribution in [1.82, 2.24) is 85.1 Å². The van der Waals surface area contributed by atoms with E-state index in [-0.39, 0.29) is 76.0 Å². The molecule has 128 heavy (non-hydrogen) atoms. The van der Waals surface area contributed by atoms with Crippen molar-refractivity contribution in [3.05, 3.63) is 278 Å². The first-order valence-electron chi connectivity index (χ1n) is 39.6. The standard InChI is InChI=1S/C23H22Cl2FN5O3.C19H14ClF4N5O2.C18H14Cl2FN5O2.C14H13ClFN3O.C9H10Cl2N2O2/c1-13-21-15(22(28-12-27-21)34-18-6-5-14(26)10-16(18)24)7-8-30(13)17-11-29-31(23(32)20(17)25)19-4-2-3-9-33-19;1-9-16-11(4-5-29(9)13-7-27-28-17(30)15(13)20)18(26-8-25-16)31-14-3-2-10(21)6-12(14)19(22,23)24;1-9-16-11(4-5-26(9)13-7-24-25-17(27)15(13)20)18(23-8-22-16)28-14-3-2-10(21)6-12(14)19;1-8-13-10(4-5-17-8)14(19-7-18-13)20-12-3-2-9(16)6-11(12)15;10-6-5-12-13(9(14)8(6)11)7-3-1-2-4-15-7/h5-6,10-13,19H,2-4,7-9H2,1H3;2-3,6-9H,4-5H2,1H3,(H,28,30);2-3,6-9H,4-5H2,1H3,(H,25,27);2-3,6-8,17H,4-5H2,1H3;5,7H,1-4H2/t;9-;;;/m.1.../s1. The summed E-state index contributed by atoms with van der Waals surface area (Å²) < 4.78 is 130. The van der Waals surface area contributed by atoms with Crippen molar-refractivity contribution < 1.29 is 59.2 Å². The number of rotatable bonds is 13. The van der Waals surface area contributed by atoms with Crippen molar-refractivity contribution in [3.8, 4) is 46.5 Å². The summed E-state index contributed by atoms with van der Waals surface area (Å²) >= 11 is 48.4. The lowest BCUT2D eigenvalue weighted by atomic mass is 9.99. The highest BCUT2D eigenvalue weighted by atomic mass is 35.5. The van der Waals surface area contributed by atoms with Crippen molar-refractivity contribution in [3.63, 3.8) is 0 Å². The van der Waals surface area contributed by atoms with Crippen LogP contribution in [0.1, 0.15) is 153 Å². The predicted octanol–water partition coefficient (Wildman–Crippen LogP) is 18.8. The first-order chi connectivity index (χ1) is 61.4. The van der Waals surface area contributed by atoms with E-state index in [9.17, 15) is 49.9 Å². The number of hydrogen-bond acceptors (Lipinski definition) is 26. The average Bonchev–Trinajstić information content (AvgIpc) is 0.766. The van der Waals surface area contributed by atoms with Crippen molar-refractivity contribution >= 4 is 110 Å². The minimum Gasteiger partial charge on any atom is -0.438 e. The van der Waals surface area contributed by atoms with E-state index in [1.807, 2.05) is 35.5 Å². The molecule has 0 amide bonds. The Hall–Kier alpha value is -11.0. The zero-order valence-corrected chi connectivity index (χ0v) is 73.7. The van der Waals surface area contributed by atoms with Gasteiger partial charge in [0.05, 0.1) is 103 Å². The summed E-state index contributed by atoms with van der Waals surface area (Å²) in [7, 11) is 0. The van der Waals surface area contributed by atoms with Crippen LogP contribution in [0.2, 0.25) is 40.2 Å². The number of hydrogen-bond donors (Lipinski definition) is 3. The van der Waals surface area contributed by atoms with Gasteiger partial charge in [-0.15, -0.1) is 0 Å². The molecule has 14 heterocycles. The van der Waals surface area contributed by atoms with Crippen LogP contribution in [0.3, 0.4) is 0 Å². The largest absolute Gasteiger partial charge is 0.438 e. The van der Waals surface area contributed by atoms with Crippen LogP contribution in [0, 0.1) is 23.3 Å². The molecule has 6 aliphatic rings. The number of halogens is 15. The van der Waals surface area contributed by atoms with Crippen LogP contribution in [0.4, 0.5) is 47.8 Å². The number of alkyl halides is 3. The van der Waals surface area contributed by atoms with Crippen LogP contribution in [-0.2, 0) is 41.3 Å². The van der Waals surface area contributed by atoms with Crippen molar-refractivity contribution in [2.24, 2.45) is 0 Å². The zero-order valence-electron chi connectivity index (χ0n) is 67.7. The van der Waals surface area contributed by atoms with Gasteiger partial charge in [0.2, 0.25) is 23.5 Å². The quantitative estimate of drug-likeness (QED) is 0.0903. The lowest BCUT2D eigenvalue weighted by Gasteiger charge is -2.36. The molecule has 12 aromatic rings. The summed E-state index contributed by atoms with van der Waals surface area (Å²) in [6, 6.07) is 13.3. The number of nitrogens with zero attached hydrogens (tertiary/aromatic N) is 17. The second kappa shape index (κ2) is 41.2. The van der Waals surface area contributed by atoms with Gasteiger partial charge in [-0.25, -0.2) is 67.6 Å². The van der Waals surface area contributed by atoms with Crippen molar-refractivity contribution in [2.75, 3.05) is 54.1 Å². The van der Waals surface area contributed by atoms with Gasteiger partial charge < -0.3 is 48.4 Å². The highest BCUT2D eigenvalue weighted by Crippen LogP contribution is 2.46. The Labute approximate surface area is 762 Å². The molecule has 30 nitrogen and oxygen atoms in total. The zero-order chi connectivity index (χ0) is 90.9. The number of anilines is 3. The molecule has 3 N–H and O–H groups in total. The van der Waals surface area contributed by atoms with Gasteiger partial charge in [0.15, 0.2) is 12.5 Å². The van der Waals surface area contributed by atoms with Crippen LogP contribution in [0.15, 0.2) is 142 Å². The molecule has 0 saturated carbocycles. The maximum atomic E-state index is 13.4. The van der Waals surface area contributed by atoms with E-state index in [1.54, 1.807) is 13.1 Å². The molecule has 45 heteroatoms. The molecule has 18 rings (SSSR count). The third-order valence-corrected chi connectivity index (χ3v) is 24.0. The highest BCUT2D eigenvalue weighted by molar-refractivity contribution is 6.41. The number of fused-ring (bicyclic) bond motifs is 4. The third kappa shape index (κ3) is 21.1. The Kier molecular flexibility index (Phi) is 30.0. The van der Waals surface area contributed by atoms with Crippen LogP contribution in [0.5, 0.6) is 46.5 Å². The first kappa shape index (κ1) is 93.2. The summed E-state index contributed by atoms with van der Waals surface area (Å²) in [5.41, 5.74) is 4.52. The smallest absolute Gasteiger partial charge is 0.420 e. The molecule has 4 aromatic carbocycles. The van der Waals surface area contributed by atoms with E-state index in [0.29, 0.717) is 121 Å². The van der Waals surface area contributed by atoms with Crippen LogP contribution in [0.25, 0.3) is 0 Å². The van der Waals surface area contributed by atoms with Gasteiger partial charge >= 0.3 is 6.18 Å². The molecule has 0 aliphatic carbocycles. The Morgan fingerprint density at radius 3 is 1.16 bits per heavy atom. The lowest BCUT2D eigenvalue weighted by molar-refractivity contribution is -0.138. The van der Waals surface area contributed by atoms with E-state index in [2.05, 4.69) is 75.8 Å². The Morgan fingerprint density at radius 1 is 0.414 bits per heavy atom. The SMILES string of the molecule is CC1NCCc2c(Oc3ccc(F)cc3Cl)ncnc21.CC1c2ncnc(Oc3ccc(F)cc3Cl)c2CCN1c1cn[nH]c(=O)c1Cl.CC1c2ncnc(Oc3ccc(F)cc3Cl)c2CCN1c1cnn(C2CCCCO2)c(=O)c1Cl.C[C@@H]1c2ncnc(Oc3ccc(F)cc3C(F)(F)F)c2CCN1c1cn[nH]c(=O)c1Cl.O=c1c(Cl)c(Cl)cnn1C1CCCCO1. The van der Waals surface area contributed by atoms with Gasteiger partial charge in [0.25, 0.3) is 22.2 Å². The molecule has 5 unspecified atom stereocenters. The molecule has 0 spiro atoms. The van der Waals surface area contributed by atoms with E-state index in [4.69, 9.17) is 121 Å². The number of aromatic amines is 2. The number of H-pyrrole nitrogens is 2. The van der Waals surface area contributed by atoms with Gasteiger partial charge in [-0.1, -0.05) is 92.8 Å². The molecule has 8 aromatic heterocycles. The normalized spacial score (nSPS) is 18.1. The van der Waals surface area contributed by atoms with Gasteiger partial charge in [0.1, 0.15) is 97.2 Å². The fourth-order valence-electron chi connectivity index (χ4n) is 15.0. The molecule has 6 aliphatic heterocycles. The predicted molar refractivity (Wildman–Crippen MR) is 462 cm³/mol. The second-order valence-corrected chi connectivity index (χ2v) is 32.5. The Balaban J connectivity index is 0.000000133. The average molecular weight is 1930 g/mol. The number of ether oxygens (including phenoxy) is 6. The fraction of sp³-hybridized carbons (Fsp3) is 0.325. The van der Waals surface area contributed by atoms with Gasteiger partial charge in [-0.3, -0.25) is 19.2 Å². The topological polar surface area (TPSA) is 342 Å². The summed E-state index contributed by atoms with van der Waals surface area (Å²) in [6.07, 6.45) is 13.5. The Bertz CT molecular complexity index is 6350. The van der Waals surface area contributed by atoms with E-state index in [0.717, 1.165) is 97.4 Å². The number of benzene rings is 4. The Morgan fingerprint density at radius 2 is 0.773 bits per heavy atom. The molecule has 2 fully saturated rings. The highest BCUT2D eigenvalue weighted by Gasteiger charge is 2.39. The second-order valence-electron chi connectivity index (χ2n) is 29.3. The van der Waals surface area contributed by atoms with Crippen molar-refractivity contribution in [2.45, 2.75) is 135 Å². The van der Waals surface area contributed by atoms with E-state index in [1.165, 1.54) is 108 Å². The molecule has 2 saturated heterocycles. The molecule has 0 bridgehead atoms. The van der Waals surface area contributed by atoms with Gasteiger partial charge in [-0.2, -0.15) is 42.9 Å². The fourth-order valence-corrected chi connectivity index (χ4v) is 16.5. The first-order valence-corrected chi connectivity index (χ1v) is 42.6. The molecule has 670 valence electrons. The van der Waals surface area contributed by atoms with Gasteiger partial charge in [-0.05, 0) is 165 Å². The van der Waals surface area contributed by atoms with Crippen LogP contribution in [-0.4, -0.2) is 119 Å². The minimum atomic E-state index is -4.81. The van der Waals surface area contributed by atoms with Gasteiger partial charge in [0, 0.05) is 67.7 Å². The van der Waals surface area contributed by atoms with Crippen molar-refractivity contribution in [1.29, 1.82) is 0 Å². The van der Waals surface area contributed by atoms with Crippen LogP contribution >= 0.6 is 92.8 Å². The summed E-state index contributed by atoms with van der Waals surface area (Å²) in [4.78, 5) is 88.0. The number of nitrogens with one attached hydrogen (secondary N) is 3. The molecule has 0 radical (unpaired) electrons. The third-order valence-electron chi connectivity index (χ3n) is 21.3. The molecule has 6 atom stereocenters. The number of aromatic nitrogens is 16. The lowest BCUT2D eigenvalue weighted by Crippen LogP contribution is -2.38. The molecular formula is C83H73Cl8F7N20O10. The summed E-state index contributed by atoms with van der Waals surface area (Å²) in [5.74, 6) is -0.738. The minimum absolute atomic E-state index is 0.000778. The summed E-state index contributed by atoms with van der Waals surface area (Å²) in [5, 5.41) is 24.6. The summed E-state index contributed by atoms with van der Waals surface area (Å²) in [6.45, 7) is 11.3. The maximum absolute atomic E-state index is 13.4. The van der Waals surface area contributed by atoms with Crippen LogP contribution < -0.4 is 61.2 Å². The molecular weight excluding hydrogens is 1850 g/mol. The monoisotopic (exact) mass is 1920 g/mol. The van der Waals surface area contributed by atoms with E-state index >= 15 is 0 Å². The maximum Gasteiger partial charge on any atom is 0.420 e.